The fraction of sp³-hybridized carbons (Fsp3) is 0.548. The Morgan fingerprint density at radius 1 is 1.03 bits per heavy atom. The van der Waals surface area contributed by atoms with Gasteiger partial charge in [-0.2, -0.15) is 0 Å². The second-order valence-electron chi connectivity index (χ2n) is 17.6. The van der Waals surface area contributed by atoms with Gasteiger partial charge in [-0.15, -0.1) is 17.9 Å². The highest BCUT2D eigenvalue weighted by molar-refractivity contribution is 7.14. The number of carbonyl (C=O) groups is 5. The summed E-state index contributed by atoms with van der Waals surface area (Å²) in [5.41, 5.74) is -0.560. The number of likely N-dealkylation sites (tertiary alicyclic amines) is 1. The van der Waals surface area contributed by atoms with Crippen molar-refractivity contribution in [2.24, 2.45) is 11.3 Å². The Kier molecular flexibility index (Phi) is 11.8. The van der Waals surface area contributed by atoms with Crippen LogP contribution in [-0.2, 0) is 23.9 Å². The first-order valence-corrected chi connectivity index (χ1v) is 20.6. The normalized spacial score (nSPS) is 22.6. The number of carboxylic acid groups (broad SMARTS) is 1. The lowest BCUT2D eigenvalue weighted by atomic mass is 9.85. The molecule has 2 aromatic heterocycles. The fourth-order valence-electron chi connectivity index (χ4n) is 7.64. The van der Waals surface area contributed by atoms with Crippen LogP contribution in [0.15, 0.2) is 36.2 Å². The molecule has 3 fully saturated rings. The summed E-state index contributed by atoms with van der Waals surface area (Å²) in [6, 6.07) is 3.18. The quantitative estimate of drug-likeness (QED) is 0.148. The summed E-state index contributed by atoms with van der Waals surface area (Å²) in [5.74, 6) is -2.09. The fourth-order valence-corrected chi connectivity index (χ4v) is 8.40. The van der Waals surface area contributed by atoms with E-state index in [1.54, 1.807) is 11.4 Å². The largest absolute Gasteiger partial charge is 0.488 e. The maximum Gasteiger partial charge on any atom is 0.408 e. The first-order chi connectivity index (χ1) is 27.2. The number of amides is 4. The van der Waals surface area contributed by atoms with Crippen LogP contribution < -0.4 is 25.4 Å². The van der Waals surface area contributed by atoms with Crippen molar-refractivity contribution in [1.29, 1.82) is 0 Å². The number of pyridine rings is 1. The van der Waals surface area contributed by atoms with Gasteiger partial charge in [0.25, 0.3) is 0 Å². The maximum atomic E-state index is 14.7. The van der Waals surface area contributed by atoms with Crippen LogP contribution in [0.3, 0.4) is 0 Å². The van der Waals surface area contributed by atoms with Crippen LogP contribution in [0.4, 0.5) is 9.93 Å². The number of fused-ring (bicyclic) bond motifs is 1. The van der Waals surface area contributed by atoms with Gasteiger partial charge < -0.3 is 40.2 Å². The molecule has 58 heavy (non-hydrogen) atoms. The zero-order chi connectivity index (χ0) is 42.3. The maximum absolute atomic E-state index is 14.7. The highest BCUT2D eigenvalue weighted by Gasteiger charge is 2.61. The van der Waals surface area contributed by atoms with E-state index >= 15 is 0 Å². The summed E-state index contributed by atoms with van der Waals surface area (Å²) in [7, 11) is 0. The summed E-state index contributed by atoms with van der Waals surface area (Å²) in [5, 5.41) is 21.2. The Morgan fingerprint density at radius 2 is 1.74 bits per heavy atom. The van der Waals surface area contributed by atoms with Crippen molar-refractivity contribution in [3.63, 3.8) is 0 Å². The molecular weight excluding hydrogens is 765 g/mol. The van der Waals surface area contributed by atoms with Crippen molar-refractivity contribution in [3.8, 4) is 22.9 Å². The molecule has 16 heteroatoms. The summed E-state index contributed by atoms with van der Waals surface area (Å²) in [4.78, 5) is 77.2. The second-order valence-corrected chi connectivity index (χ2v) is 18.4. The van der Waals surface area contributed by atoms with E-state index in [0.717, 1.165) is 31.2 Å². The summed E-state index contributed by atoms with van der Waals surface area (Å²) >= 11 is 1.25. The number of nitrogens with zero attached hydrogens (tertiary/aromatic N) is 3. The molecule has 1 aromatic carbocycles. The zero-order valence-corrected chi connectivity index (χ0v) is 35.2. The van der Waals surface area contributed by atoms with Gasteiger partial charge in [-0.25, -0.2) is 19.6 Å². The molecule has 15 nitrogen and oxygen atoms in total. The number of benzene rings is 1. The van der Waals surface area contributed by atoms with Gasteiger partial charge in [-0.3, -0.25) is 14.4 Å². The number of hydrogen-bond acceptors (Lipinski definition) is 11. The van der Waals surface area contributed by atoms with E-state index in [9.17, 15) is 29.1 Å². The molecule has 3 aromatic rings. The van der Waals surface area contributed by atoms with Gasteiger partial charge in [0, 0.05) is 41.7 Å². The van der Waals surface area contributed by atoms with Crippen LogP contribution in [0, 0.1) is 18.3 Å². The lowest BCUT2D eigenvalue weighted by Crippen LogP contribution is -2.59. The topological polar surface area (TPSA) is 198 Å². The van der Waals surface area contributed by atoms with E-state index < -0.39 is 64.5 Å². The van der Waals surface area contributed by atoms with Crippen molar-refractivity contribution in [1.82, 2.24) is 25.5 Å². The van der Waals surface area contributed by atoms with Crippen LogP contribution in [0.2, 0.25) is 0 Å². The van der Waals surface area contributed by atoms with Gasteiger partial charge >= 0.3 is 12.1 Å². The van der Waals surface area contributed by atoms with Crippen molar-refractivity contribution in [2.45, 2.75) is 129 Å². The molecule has 1 saturated heterocycles. The molecule has 312 valence electrons. The summed E-state index contributed by atoms with van der Waals surface area (Å²) in [6.45, 7) is 18.2. The van der Waals surface area contributed by atoms with Gasteiger partial charge in [0.15, 0.2) is 5.13 Å². The molecule has 2 aliphatic carbocycles. The van der Waals surface area contributed by atoms with E-state index in [4.69, 9.17) is 19.2 Å². The van der Waals surface area contributed by atoms with Crippen LogP contribution in [-0.4, -0.2) is 91.7 Å². The molecule has 3 aliphatic rings. The number of carbonyl (C=O) groups excluding carboxylic acids is 4. The van der Waals surface area contributed by atoms with E-state index in [1.165, 1.54) is 29.2 Å². The smallest absolute Gasteiger partial charge is 0.408 e. The van der Waals surface area contributed by atoms with E-state index in [2.05, 4.69) is 27.5 Å². The van der Waals surface area contributed by atoms with Gasteiger partial charge in [0.05, 0.1) is 17.8 Å². The molecule has 0 spiro atoms. The first-order valence-electron chi connectivity index (χ1n) is 19.7. The van der Waals surface area contributed by atoms with Crippen LogP contribution >= 0.6 is 11.3 Å². The minimum Gasteiger partial charge on any atom is -0.488 e. The van der Waals surface area contributed by atoms with E-state index in [1.807, 2.05) is 60.6 Å². The number of ether oxygens (including phenoxy) is 3. The molecule has 0 radical (unpaired) electrons. The minimum absolute atomic E-state index is 0.0160. The van der Waals surface area contributed by atoms with Crippen molar-refractivity contribution >= 4 is 57.2 Å². The third-order valence-corrected chi connectivity index (χ3v) is 11.5. The number of nitrogens with one attached hydrogen (secondary N) is 3. The standard InChI is InChI=1S/C42H54N6O9S/c1-10-24-19-42(24,37(52)53)47-35(50)30-17-26(20-48(30)36(51)34(40(4,5)6)46-39(54)56-25-13-11-12-14-25)55-32-18-28(29-21-58-38(45-29)43-23(3)49)44-33-22(2)31(16-15-27(32)33)57-41(7,8)9/h10,15-16,18,21,24-26,30,34H,1,11-14,17,19-20H2,2-9H3,(H,46,54)(H,47,50)(H,52,53)(H,43,45,49)/t24-,26-,30+,34-,42-/m1/s1. The molecule has 4 N–H and O–H groups in total. The second kappa shape index (κ2) is 16.2. The lowest BCUT2D eigenvalue weighted by Gasteiger charge is -2.35. The molecule has 4 amide bonds. The highest BCUT2D eigenvalue weighted by atomic mass is 32.1. The Bertz CT molecular complexity index is 2120. The monoisotopic (exact) mass is 818 g/mol. The molecule has 0 unspecified atom stereocenters. The van der Waals surface area contributed by atoms with Crippen molar-refractivity contribution in [3.05, 3.63) is 41.8 Å². The number of carboxylic acids is 1. The summed E-state index contributed by atoms with van der Waals surface area (Å²) in [6.07, 6.45) is 3.40. The lowest BCUT2D eigenvalue weighted by molar-refractivity contribution is -0.146. The van der Waals surface area contributed by atoms with Crippen molar-refractivity contribution < 1.29 is 43.3 Å². The number of aryl methyl sites for hydroxylation is 1. The first kappa shape index (κ1) is 42.4. The number of aromatic nitrogens is 2. The SMILES string of the molecule is C=C[C@@H]1C[C@]1(NC(=O)[C@@H]1C[C@@H](Oc2cc(-c3csc(NC(C)=O)n3)nc3c(C)c(OC(C)(C)C)ccc23)CN1C(=O)[C@@H](NC(=O)OC1CCCC1)C(C)(C)C)C(=O)O. The average molecular weight is 819 g/mol. The predicted molar refractivity (Wildman–Crippen MR) is 219 cm³/mol. The molecule has 1 aliphatic heterocycles. The molecule has 2 saturated carbocycles. The summed E-state index contributed by atoms with van der Waals surface area (Å²) < 4.78 is 18.7. The zero-order valence-electron chi connectivity index (χ0n) is 34.4. The van der Waals surface area contributed by atoms with Gasteiger partial charge in [-0.1, -0.05) is 26.8 Å². The molecule has 3 heterocycles. The van der Waals surface area contributed by atoms with E-state index in [0.29, 0.717) is 38.9 Å². The van der Waals surface area contributed by atoms with Crippen LogP contribution in [0.25, 0.3) is 22.3 Å². The number of thiazole rings is 1. The third-order valence-electron chi connectivity index (χ3n) is 10.7. The predicted octanol–water partition coefficient (Wildman–Crippen LogP) is 6.38. The number of aliphatic carboxylic acids is 1. The Morgan fingerprint density at radius 3 is 2.34 bits per heavy atom. The van der Waals surface area contributed by atoms with Crippen molar-refractivity contribution in [2.75, 3.05) is 11.9 Å². The Hall–Kier alpha value is -5.25. The molecule has 6 rings (SSSR count). The third kappa shape index (κ3) is 9.22. The van der Waals surface area contributed by atoms with Crippen LogP contribution in [0.5, 0.6) is 11.5 Å². The average Bonchev–Trinajstić information content (AvgIpc) is 3.54. The highest BCUT2D eigenvalue weighted by Crippen LogP contribution is 2.45. The Labute approximate surface area is 342 Å². The van der Waals surface area contributed by atoms with Crippen LogP contribution in [0.1, 0.15) is 92.6 Å². The number of hydrogen-bond donors (Lipinski definition) is 4. The Balaban J connectivity index is 1.37. The number of anilines is 1. The van der Waals surface area contributed by atoms with Gasteiger partial charge in [0.2, 0.25) is 17.7 Å². The van der Waals surface area contributed by atoms with Gasteiger partial charge in [0.1, 0.15) is 52.6 Å². The molecule has 5 atom stereocenters. The van der Waals surface area contributed by atoms with E-state index in [-0.39, 0.29) is 31.4 Å². The number of rotatable bonds is 12. The van der Waals surface area contributed by atoms with Gasteiger partial charge in [-0.05, 0) is 77.3 Å². The molecular formula is C42H54N6O9S. The molecule has 0 bridgehead atoms. The number of alkyl carbamates (subject to hydrolysis) is 1. The minimum atomic E-state index is -1.54.